The Labute approximate surface area is 110 Å². The number of nitriles is 1. The summed E-state index contributed by atoms with van der Waals surface area (Å²) in [6, 6.07) is 5.91. The fraction of sp³-hybridized carbons (Fsp3) is 0.364. The molecule has 5 nitrogen and oxygen atoms in total. The Balaban J connectivity index is 2.27. The third kappa shape index (κ3) is 2.22. The fourth-order valence-corrected chi connectivity index (χ4v) is 3.64. The molecule has 0 atom stereocenters. The first-order valence-corrected chi connectivity index (χ1v) is 7.11. The van der Waals surface area contributed by atoms with Crippen molar-refractivity contribution in [1.29, 1.82) is 5.26 Å². The predicted octanol–water partition coefficient (Wildman–Crippen LogP) is 0.824. The highest BCUT2D eigenvalue weighted by Crippen LogP contribution is 2.27. The summed E-state index contributed by atoms with van der Waals surface area (Å²) in [4.78, 5) is 0.0721. The molecular formula is C11H11ClN2O3S. The van der Waals surface area contributed by atoms with E-state index in [9.17, 15) is 8.42 Å². The normalized spacial score (nSPS) is 17.2. The maximum absolute atomic E-state index is 12.1. The van der Waals surface area contributed by atoms with Gasteiger partial charge in [0.05, 0.1) is 15.5 Å². The lowest BCUT2D eigenvalue weighted by Crippen LogP contribution is -2.51. The minimum atomic E-state index is -3.56. The van der Waals surface area contributed by atoms with Crippen molar-refractivity contribution in [1.82, 2.24) is 4.31 Å². The van der Waals surface area contributed by atoms with Crippen molar-refractivity contribution < 1.29 is 13.5 Å². The number of aliphatic hydroxyl groups is 1. The minimum Gasteiger partial charge on any atom is -0.396 e. The monoisotopic (exact) mass is 286 g/mol. The van der Waals surface area contributed by atoms with Crippen LogP contribution in [0.3, 0.4) is 0 Å². The van der Waals surface area contributed by atoms with E-state index < -0.39 is 10.0 Å². The quantitative estimate of drug-likeness (QED) is 0.892. The van der Waals surface area contributed by atoms with Crippen LogP contribution in [0.4, 0.5) is 0 Å². The molecular weight excluding hydrogens is 276 g/mol. The molecule has 1 saturated heterocycles. The summed E-state index contributed by atoms with van der Waals surface area (Å²) in [5, 5.41) is 17.7. The van der Waals surface area contributed by atoms with Crippen LogP contribution in [0, 0.1) is 17.2 Å². The van der Waals surface area contributed by atoms with Crippen LogP contribution in [0.1, 0.15) is 5.56 Å². The van der Waals surface area contributed by atoms with Gasteiger partial charge in [-0.25, -0.2) is 8.42 Å². The van der Waals surface area contributed by atoms with Crippen molar-refractivity contribution in [3.05, 3.63) is 28.8 Å². The van der Waals surface area contributed by atoms with Crippen molar-refractivity contribution in [2.45, 2.75) is 4.90 Å². The lowest BCUT2D eigenvalue weighted by molar-refractivity contribution is 0.117. The first-order chi connectivity index (χ1) is 8.48. The Morgan fingerprint density at radius 3 is 2.67 bits per heavy atom. The molecule has 1 aliphatic rings. The summed E-state index contributed by atoms with van der Waals surface area (Å²) in [7, 11) is -3.56. The standard InChI is InChI=1S/C11H11ClN2O3S/c12-11-3-10(2-1-9(11)4-13)18(16,17)14-5-8(6-14)7-15/h1-3,8,15H,5-7H2. The van der Waals surface area contributed by atoms with E-state index in [1.54, 1.807) is 0 Å². The van der Waals surface area contributed by atoms with Gasteiger partial charge in [0.2, 0.25) is 10.0 Å². The molecule has 1 aliphatic heterocycles. The van der Waals surface area contributed by atoms with Crippen LogP contribution in [0.2, 0.25) is 5.02 Å². The zero-order chi connectivity index (χ0) is 13.3. The molecule has 0 radical (unpaired) electrons. The molecule has 1 aromatic rings. The third-order valence-electron chi connectivity index (χ3n) is 2.88. The van der Waals surface area contributed by atoms with Gasteiger partial charge in [0.1, 0.15) is 6.07 Å². The average molecular weight is 287 g/mol. The lowest BCUT2D eigenvalue weighted by Gasteiger charge is -2.36. The largest absolute Gasteiger partial charge is 0.396 e. The van der Waals surface area contributed by atoms with E-state index in [0.717, 1.165) is 0 Å². The number of sulfonamides is 1. The van der Waals surface area contributed by atoms with Gasteiger partial charge in [-0.1, -0.05) is 11.6 Å². The molecule has 1 heterocycles. The van der Waals surface area contributed by atoms with Gasteiger partial charge in [0, 0.05) is 25.6 Å². The zero-order valence-corrected chi connectivity index (χ0v) is 10.9. The molecule has 0 aliphatic carbocycles. The summed E-state index contributed by atoms with van der Waals surface area (Å²) < 4.78 is 25.5. The third-order valence-corrected chi connectivity index (χ3v) is 5.02. The zero-order valence-electron chi connectivity index (χ0n) is 9.38. The van der Waals surface area contributed by atoms with Gasteiger partial charge in [-0.05, 0) is 18.2 Å². The molecule has 1 N–H and O–H groups in total. The molecule has 0 spiro atoms. The Bertz CT molecular complexity index is 603. The van der Waals surface area contributed by atoms with E-state index in [0.29, 0.717) is 13.1 Å². The van der Waals surface area contributed by atoms with E-state index in [2.05, 4.69) is 0 Å². The number of rotatable bonds is 3. The second-order valence-corrected chi connectivity index (χ2v) is 6.47. The lowest BCUT2D eigenvalue weighted by atomic mass is 10.1. The molecule has 0 bridgehead atoms. The summed E-state index contributed by atoms with van der Waals surface area (Å²) in [6.45, 7) is 0.618. The highest BCUT2D eigenvalue weighted by Gasteiger charge is 2.36. The average Bonchev–Trinajstić information content (AvgIpc) is 2.27. The smallest absolute Gasteiger partial charge is 0.243 e. The number of hydrogen-bond donors (Lipinski definition) is 1. The van der Waals surface area contributed by atoms with Crippen molar-refractivity contribution in [3.8, 4) is 6.07 Å². The Morgan fingerprint density at radius 2 is 2.17 bits per heavy atom. The van der Waals surface area contributed by atoms with Gasteiger partial charge in [0.25, 0.3) is 0 Å². The number of aliphatic hydroxyl groups excluding tert-OH is 1. The highest BCUT2D eigenvalue weighted by atomic mass is 35.5. The first-order valence-electron chi connectivity index (χ1n) is 5.29. The first kappa shape index (κ1) is 13.3. The van der Waals surface area contributed by atoms with Crippen molar-refractivity contribution in [2.75, 3.05) is 19.7 Å². The van der Waals surface area contributed by atoms with E-state index in [1.165, 1.54) is 22.5 Å². The molecule has 2 rings (SSSR count). The fourth-order valence-electron chi connectivity index (χ4n) is 1.73. The maximum atomic E-state index is 12.1. The number of benzene rings is 1. The summed E-state index contributed by atoms with van der Waals surface area (Å²) in [5.74, 6) is 0.00799. The second kappa shape index (κ2) is 4.86. The molecule has 1 aromatic carbocycles. The van der Waals surface area contributed by atoms with E-state index >= 15 is 0 Å². The SMILES string of the molecule is N#Cc1ccc(S(=O)(=O)N2CC(CO)C2)cc1Cl. The van der Waals surface area contributed by atoms with Crippen LogP contribution in [0.25, 0.3) is 0 Å². The Morgan fingerprint density at radius 1 is 1.50 bits per heavy atom. The van der Waals surface area contributed by atoms with Crippen LogP contribution in [0.5, 0.6) is 0 Å². The van der Waals surface area contributed by atoms with Gasteiger partial charge in [-0.15, -0.1) is 0 Å². The number of nitrogens with zero attached hydrogens (tertiary/aromatic N) is 2. The van der Waals surface area contributed by atoms with Gasteiger partial charge >= 0.3 is 0 Å². The van der Waals surface area contributed by atoms with E-state index in [4.69, 9.17) is 22.0 Å². The van der Waals surface area contributed by atoms with Crippen LogP contribution >= 0.6 is 11.6 Å². The molecule has 0 amide bonds. The number of halogens is 1. The summed E-state index contributed by atoms with van der Waals surface area (Å²) in [5.41, 5.74) is 0.243. The van der Waals surface area contributed by atoms with Crippen LogP contribution < -0.4 is 0 Å². The molecule has 18 heavy (non-hydrogen) atoms. The van der Waals surface area contributed by atoms with E-state index in [-0.39, 0.29) is 28.0 Å². The van der Waals surface area contributed by atoms with Crippen molar-refractivity contribution in [2.24, 2.45) is 5.92 Å². The predicted molar refractivity (Wildman–Crippen MR) is 65.5 cm³/mol. The topological polar surface area (TPSA) is 81.4 Å². The Hall–Kier alpha value is -1.13. The molecule has 1 fully saturated rings. The Kier molecular flexibility index (Phi) is 3.59. The number of hydrogen-bond acceptors (Lipinski definition) is 4. The summed E-state index contributed by atoms with van der Waals surface area (Å²) in [6.07, 6.45) is 0. The van der Waals surface area contributed by atoms with Crippen LogP contribution in [-0.4, -0.2) is 37.5 Å². The van der Waals surface area contributed by atoms with Gasteiger partial charge in [0.15, 0.2) is 0 Å². The molecule has 0 unspecified atom stereocenters. The second-order valence-electron chi connectivity index (χ2n) is 4.12. The maximum Gasteiger partial charge on any atom is 0.243 e. The molecule has 7 heteroatoms. The van der Waals surface area contributed by atoms with Crippen molar-refractivity contribution >= 4 is 21.6 Å². The highest BCUT2D eigenvalue weighted by molar-refractivity contribution is 7.89. The summed E-state index contributed by atoms with van der Waals surface area (Å²) >= 11 is 5.81. The van der Waals surface area contributed by atoms with Gasteiger partial charge in [-0.3, -0.25) is 0 Å². The molecule has 96 valence electrons. The molecule has 0 saturated carbocycles. The molecule has 0 aromatic heterocycles. The van der Waals surface area contributed by atoms with E-state index in [1.807, 2.05) is 6.07 Å². The van der Waals surface area contributed by atoms with Crippen LogP contribution in [-0.2, 0) is 10.0 Å². The van der Waals surface area contributed by atoms with Gasteiger partial charge in [-0.2, -0.15) is 9.57 Å². The van der Waals surface area contributed by atoms with Crippen LogP contribution in [0.15, 0.2) is 23.1 Å². The van der Waals surface area contributed by atoms with Crippen molar-refractivity contribution in [3.63, 3.8) is 0 Å². The van der Waals surface area contributed by atoms with Gasteiger partial charge < -0.3 is 5.11 Å². The minimum absolute atomic E-state index is 0.00799.